The third-order valence-electron chi connectivity index (χ3n) is 5.08. The van der Waals surface area contributed by atoms with Crippen LogP contribution in [0.5, 0.6) is 0 Å². The van der Waals surface area contributed by atoms with Crippen molar-refractivity contribution in [3.05, 3.63) is 77.9 Å². The minimum absolute atomic E-state index is 0.189. The van der Waals surface area contributed by atoms with Crippen molar-refractivity contribution in [2.75, 3.05) is 37.6 Å². The van der Waals surface area contributed by atoms with Gasteiger partial charge in [0.1, 0.15) is 5.82 Å². The SMILES string of the molecule is C=C/C(CN1CCN(c2ccc(F)cc2)CC1)=C(/C)c1ncccc1CBr. The van der Waals surface area contributed by atoms with Crippen LogP contribution in [-0.4, -0.2) is 42.6 Å². The van der Waals surface area contributed by atoms with Crippen molar-refractivity contribution in [3.63, 3.8) is 0 Å². The van der Waals surface area contributed by atoms with Crippen molar-refractivity contribution < 1.29 is 4.39 Å². The van der Waals surface area contributed by atoms with Crippen LogP contribution >= 0.6 is 15.9 Å². The quantitative estimate of drug-likeness (QED) is 0.480. The van der Waals surface area contributed by atoms with Gasteiger partial charge in [0.2, 0.25) is 0 Å². The van der Waals surface area contributed by atoms with Gasteiger partial charge in [0.05, 0.1) is 5.69 Å². The van der Waals surface area contributed by atoms with Crippen molar-refractivity contribution in [1.82, 2.24) is 9.88 Å². The van der Waals surface area contributed by atoms with E-state index in [0.29, 0.717) is 0 Å². The molecule has 5 heteroatoms. The van der Waals surface area contributed by atoms with Crippen LogP contribution in [0.25, 0.3) is 5.57 Å². The number of benzene rings is 1. The molecule has 0 N–H and O–H groups in total. The molecule has 1 aromatic carbocycles. The fourth-order valence-electron chi connectivity index (χ4n) is 3.43. The molecule has 1 aromatic heterocycles. The van der Waals surface area contributed by atoms with Crippen molar-refractivity contribution >= 4 is 27.2 Å². The van der Waals surface area contributed by atoms with E-state index < -0.39 is 0 Å². The molecule has 27 heavy (non-hydrogen) atoms. The molecule has 0 unspecified atom stereocenters. The van der Waals surface area contributed by atoms with Gasteiger partial charge >= 0.3 is 0 Å². The summed E-state index contributed by atoms with van der Waals surface area (Å²) in [6.45, 7) is 10.8. The summed E-state index contributed by atoms with van der Waals surface area (Å²) in [5.74, 6) is -0.189. The molecule has 142 valence electrons. The lowest BCUT2D eigenvalue weighted by Gasteiger charge is -2.36. The lowest BCUT2D eigenvalue weighted by atomic mass is 10.0. The molecular formula is C22H25BrFN3. The Hall–Kier alpha value is -1.98. The lowest BCUT2D eigenvalue weighted by Crippen LogP contribution is -2.46. The number of hydrogen-bond acceptors (Lipinski definition) is 3. The third-order valence-corrected chi connectivity index (χ3v) is 5.68. The summed E-state index contributed by atoms with van der Waals surface area (Å²) in [6.07, 6.45) is 3.79. The Bertz CT molecular complexity index is 809. The smallest absolute Gasteiger partial charge is 0.123 e. The molecule has 1 aliphatic rings. The molecule has 0 radical (unpaired) electrons. The molecule has 0 amide bonds. The molecule has 0 spiro atoms. The van der Waals surface area contributed by atoms with Gasteiger partial charge in [-0.15, -0.1) is 0 Å². The number of pyridine rings is 1. The van der Waals surface area contributed by atoms with Crippen LogP contribution < -0.4 is 4.90 Å². The first-order valence-electron chi connectivity index (χ1n) is 9.17. The monoisotopic (exact) mass is 429 g/mol. The maximum Gasteiger partial charge on any atom is 0.123 e. The van der Waals surface area contributed by atoms with E-state index in [1.807, 2.05) is 30.5 Å². The summed E-state index contributed by atoms with van der Waals surface area (Å²) in [7, 11) is 0. The van der Waals surface area contributed by atoms with E-state index in [9.17, 15) is 4.39 Å². The Balaban J connectivity index is 1.67. The molecule has 0 bridgehead atoms. The molecule has 2 aromatic rings. The van der Waals surface area contributed by atoms with Gasteiger partial charge < -0.3 is 4.90 Å². The number of anilines is 1. The zero-order chi connectivity index (χ0) is 19.2. The topological polar surface area (TPSA) is 19.4 Å². The fourth-order valence-corrected chi connectivity index (χ4v) is 3.88. The fraction of sp³-hybridized carbons (Fsp3) is 0.318. The summed E-state index contributed by atoms with van der Waals surface area (Å²) in [4.78, 5) is 9.33. The molecule has 1 aliphatic heterocycles. The van der Waals surface area contributed by atoms with Gasteiger partial charge in [-0.3, -0.25) is 9.88 Å². The van der Waals surface area contributed by atoms with Gasteiger partial charge in [0.15, 0.2) is 0 Å². The van der Waals surface area contributed by atoms with Crippen LogP contribution in [-0.2, 0) is 5.33 Å². The normalized spacial score (nSPS) is 16.2. The highest BCUT2D eigenvalue weighted by Gasteiger charge is 2.19. The van der Waals surface area contributed by atoms with E-state index in [0.717, 1.165) is 49.4 Å². The summed E-state index contributed by atoms with van der Waals surface area (Å²) >= 11 is 3.55. The van der Waals surface area contributed by atoms with Crippen LogP contribution in [0.15, 0.2) is 60.8 Å². The number of nitrogens with zero attached hydrogens (tertiary/aromatic N) is 3. The van der Waals surface area contributed by atoms with Crippen molar-refractivity contribution in [1.29, 1.82) is 0 Å². The van der Waals surface area contributed by atoms with Crippen molar-refractivity contribution in [2.24, 2.45) is 0 Å². The molecular weight excluding hydrogens is 405 g/mol. The molecule has 0 saturated carbocycles. The Morgan fingerprint density at radius 3 is 2.52 bits per heavy atom. The molecule has 1 saturated heterocycles. The summed E-state index contributed by atoms with van der Waals surface area (Å²) in [5.41, 5.74) is 5.71. The molecule has 0 aliphatic carbocycles. The Morgan fingerprint density at radius 2 is 1.89 bits per heavy atom. The van der Waals surface area contributed by atoms with E-state index in [1.165, 1.54) is 28.8 Å². The molecule has 0 atom stereocenters. The van der Waals surface area contributed by atoms with E-state index in [4.69, 9.17) is 0 Å². The number of aromatic nitrogens is 1. The van der Waals surface area contributed by atoms with Crippen molar-refractivity contribution in [3.8, 4) is 0 Å². The zero-order valence-corrected chi connectivity index (χ0v) is 17.3. The molecule has 3 rings (SSSR count). The number of halogens is 2. The number of rotatable bonds is 6. The van der Waals surface area contributed by atoms with Crippen LogP contribution in [0.2, 0.25) is 0 Å². The summed E-state index contributed by atoms with van der Waals surface area (Å²) in [5, 5.41) is 0.786. The molecule has 2 heterocycles. The second-order valence-electron chi connectivity index (χ2n) is 6.74. The number of allylic oxidation sites excluding steroid dienone is 1. The third kappa shape index (κ3) is 4.85. The first-order valence-corrected chi connectivity index (χ1v) is 10.3. The first-order chi connectivity index (χ1) is 13.1. The Morgan fingerprint density at radius 1 is 1.19 bits per heavy atom. The highest BCUT2D eigenvalue weighted by Crippen LogP contribution is 2.24. The average molecular weight is 430 g/mol. The van der Waals surface area contributed by atoms with Crippen LogP contribution in [0.4, 0.5) is 10.1 Å². The standard InChI is InChI=1S/C22H25BrFN3/c1-3-18(17(2)22-19(15-23)5-4-10-25-22)16-26-11-13-27(14-12-26)21-8-6-20(24)7-9-21/h3-10H,1,11-16H2,2H3/b18-17+. The van der Waals surface area contributed by atoms with Crippen molar-refractivity contribution in [2.45, 2.75) is 12.3 Å². The summed E-state index contributed by atoms with van der Waals surface area (Å²) < 4.78 is 13.1. The van der Waals surface area contributed by atoms with E-state index in [-0.39, 0.29) is 5.82 Å². The molecule has 1 fully saturated rings. The predicted molar refractivity (Wildman–Crippen MR) is 115 cm³/mol. The first kappa shape index (κ1) is 19.8. The highest BCUT2D eigenvalue weighted by molar-refractivity contribution is 9.08. The lowest BCUT2D eigenvalue weighted by molar-refractivity contribution is 0.280. The minimum Gasteiger partial charge on any atom is -0.369 e. The van der Waals surface area contributed by atoms with Gasteiger partial charge in [0.25, 0.3) is 0 Å². The Labute approximate surface area is 169 Å². The van der Waals surface area contributed by atoms with Crippen LogP contribution in [0.3, 0.4) is 0 Å². The van der Waals surface area contributed by atoms with E-state index in [1.54, 1.807) is 0 Å². The predicted octanol–water partition coefficient (Wildman–Crippen LogP) is 4.90. The van der Waals surface area contributed by atoms with Gasteiger partial charge in [-0.2, -0.15) is 0 Å². The zero-order valence-electron chi connectivity index (χ0n) is 15.7. The highest BCUT2D eigenvalue weighted by atomic mass is 79.9. The largest absolute Gasteiger partial charge is 0.369 e. The maximum atomic E-state index is 13.1. The number of alkyl halides is 1. The van der Waals surface area contributed by atoms with Gasteiger partial charge in [-0.25, -0.2) is 4.39 Å². The van der Waals surface area contributed by atoms with Crippen LogP contribution in [0.1, 0.15) is 18.2 Å². The van der Waals surface area contributed by atoms with Crippen LogP contribution in [0, 0.1) is 5.82 Å². The number of hydrogen-bond donors (Lipinski definition) is 0. The maximum absolute atomic E-state index is 13.1. The second-order valence-corrected chi connectivity index (χ2v) is 7.30. The summed E-state index contributed by atoms with van der Waals surface area (Å²) in [6, 6.07) is 10.8. The average Bonchev–Trinajstić information content (AvgIpc) is 2.72. The van der Waals surface area contributed by atoms with Gasteiger partial charge in [-0.1, -0.05) is 34.7 Å². The minimum atomic E-state index is -0.189. The Kier molecular flexibility index (Phi) is 6.80. The van der Waals surface area contributed by atoms with E-state index >= 15 is 0 Å². The van der Waals surface area contributed by atoms with E-state index in [2.05, 4.69) is 50.3 Å². The molecule has 3 nitrogen and oxygen atoms in total. The second kappa shape index (κ2) is 9.29. The van der Waals surface area contributed by atoms with Gasteiger partial charge in [0, 0.05) is 49.9 Å². The number of piperazine rings is 1. The van der Waals surface area contributed by atoms with Gasteiger partial charge in [-0.05, 0) is 54.0 Å².